The number of aliphatic hydroxyl groups is 1. The Morgan fingerprint density at radius 3 is 2.76 bits per heavy atom. The smallest absolute Gasteiger partial charge is 0.352 e. The Bertz CT molecular complexity index is 1310. The molecule has 0 radical (unpaired) electrons. The molecule has 13 nitrogen and oxygen atoms in total. The molecule has 222 valence electrons. The van der Waals surface area contributed by atoms with Gasteiger partial charge in [-0.15, -0.1) is 0 Å². The Balaban J connectivity index is 1.22. The maximum absolute atomic E-state index is 13.0. The standard InChI is InChI=1S/C28H35N3O10/c1-14(39-21(34)8-11-30-20(33)6-4-16(29)25(35)36)26(37)40-18-7-9-28(38)19-13-15-3-5-17(32)23-22(15)27(28,24(18)41-23)10-12-31(19)2/h3,5,7,14,16,19,24,32,38H,4,6,8-13,29H2,1-2H3,(H,30,33)(H,35,36)/t14?,16?,19-,24+,27+,28-/m1/s1. The number of nitrogens with two attached hydrogens (primary N) is 1. The monoisotopic (exact) mass is 573 g/mol. The summed E-state index contributed by atoms with van der Waals surface area (Å²) in [6.07, 6.45) is 0.484. The number of nitrogens with zero attached hydrogens (tertiary/aromatic N) is 1. The Hall–Kier alpha value is -3.68. The molecule has 2 bridgehead atoms. The fraction of sp³-hybridized carbons (Fsp3) is 0.571. The highest BCUT2D eigenvalue weighted by atomic mass is 16.6. The van der Waals surface area contributed by atoms with Gasteiger partial charge in [-0.2, -0.15) is 0 Å². The van der Waals surface area contributed by atoms with Crippen LogP contribution in [0.1, 0.15) is 50.2 Å². The van der Waals surface area contributed by atoms with Crippen LogP contribution in [0, 0.1) is 0 Å². The average Bonchev–Trinajstić information content (AvgIpc) is 3.28. The summed E-state index contributed by atoms with van der Waals surface area (Å²) in [5, 5.41) is 34.0. The number of aromatic hydroxyl groups is 1. The minimum Gasteiger partial charge on any atom is -0.504 e. The summed E-state index contributed by atoms with van der Waals surface area (Å²) in [5.41, 5.74) is 5.00. The highest BCUT2D eigenvalue weighted by Gasteiger charge is 2.72. The number of phenols is 1. The van der Waals surface area contributed by atoms with Crippen LogP contribution in [0.4, 0.5) is 0 Å². The van der Waals surface area contributed by atoms with Crippen LogP contribution in [-0.4, -0.2) is 94.1 Å². The van der Waals surface area contributed by atoms with Crippen molar-refractivity contribution in [1.82, 2.24) is 10.2 Å². The maximum atomic E-state index is 13.0. The van der Waals surface area contributed by atoms with Gasteiger partial charge in [0, 0.05) is 31.0 Å². The Morgan fingerprint density at radius 1 is 1.27 bits per heavy atom. The molecule has 1 aromatic rings. The van der Waals surface area contributed by atoms with E-state index in [2.05, 4.69) is 10.2 Å². The third kappa shape index (κ3) is 4.71. The molecule has 2 aliphatic heterocycles. The summed E-state index contributed by atoms with van der Waals surface area (Å²) in [4.78, 5) is 49.9. The Labute approximate surface area is 236 Å². The molecule has 1 amide bonds. The molecule has 2 heterocycles. The number of carboxylic acid groups (broad SMARTS) is 1. The zero-order valence-corrected chi connectivity index (χ0v) is 22.9. The van der Waals surface area contributed by atoms with Gasteiger partial charge in [0.2, 0.25) is 5.91 Å². The summed E-state index contributed by atoms with van der Waals surface area (Å²) in [7, 11) is 1.97. The number of hydrogen-bond donors (Lipinski definition) is 5. The summed E-state index contributed by atoms with van der Waals surface area (Å²) >= 11 is 0. The molecular formula is C28H35N3O10. The second-order valence-corrected chi connectivity index (χ2v) is 11.2. The first-order chi connectivity index (χ1) is 19.4. The van der Waals surface area contributed by atoms with E-state index in [0.29, 0.717) is 25.1 Å². The molecule has 0 saturated carbocycles. The fourth-order valence-electron chi connectivity index (χ4n) is 6.74. The van der Waals surface area contributed by atoms with E-state index in [1.807, 2.05) is 13.1 Å². The number of carboxylic acids is 1. The predicted molar refractivity (Wildman–Crippen MR) is 141 cm³/mol. The first-order valence-corrected chi connectivity index (χ1v) is 13.7. The topological polar surface area (TPSA) is 198 Å². The van der Waals surface area contributed by atoms with Gasteiger partial charge in [-0.05, 0) is 57.5 Å². The van der Waals surface area contributed by atoms with Crippen molar-refractivity contribution in [3.63, 3.8) is 0 Å². The maximum Gasteiger partial charge on any atom is 0.352 e. The van der Waals surface area contributed by atoms with Gasteiger partial charge >= 0.3 is 17.9 Å². The number of nitrogens with one attached hydrogen (secondary N) is 1. The van der Waals surface area contributed by atoms with E-state index in [0.717, 1.165) is 11.1 Å². The normalized spacial score (nSPS) is 28.8. The summed E-state index contributed by atoms with van der Waals surface area (Å²) in [6, 6.07) is 2.09. The van der Waals surface area contributed by atoms with Gasteiger partial charge in [-0.25, -0.2) is 4.79 Å². The highest BCUT2D eigenvalue weighted by Crippen LogP contribution is 2.65. The zero-order valence-electron chi connectivity index (χ0n) is 22.9. The number of phenolic OH excluding ortho intramolecular Hbond substituents is 1. The van der Waals surface area contributed by atoms with E-state index < -0.39 is 53.1 Å². The van der Waals surface area contributed by atoms with Gasteiger partial charge in [-0.1, -0.05) is 6.07 Å². The van der Waals surface area contributed by atoms with Gasteiger partial charge in [0.25, 0.3) is 0 Å². The number of carbonyl (C=O) groups is 4. The third-order valence-electron chi connectivity index (χ3n) is 8.86. The number of rotatable bonds is 10. The third-order valence-corrected chi connectivity index (χ3v) is 8.86. The van der Waals surface area contributed by atoms with Gasteiger partial charge in [0.15, 0.2) is 23.7 Å². The first-order valence-electron chi connectivity index (χ1n) is 13.7. The van der Waals surface area contributed by atoms with Crippen LogP contribution >= 0.6 is 0 Å². The fourth-order valence-corrected chi connectivity index (χ4v) is 6.74. The minimum atomic E-state index is -1.27. The molecule has 2 unspecified atom stereocenters. The van der Waals surface area contributed by atoms with Crippen LogP contribution in [0.15, 0.2) is 24.0 Å². The average molecular weight is 574 g/mol. The van der Waals surface area contributed by atoms with E-state index in [1.165, 1.54) is 6.92 Å². The van der Waals surface area contributed by atoms with E-state index >= 15 is 0 Å². The van der Waals surface area contributed by atoms with Crippen molar-refractivity contribution in [2.75, 3.05) is 20.1 Å². The molecule has 4 aliphatic rings. The van der Waals surface area contributed by atoms with Crippen molar-refractivity contribution < 1.29 is 48.7 Å². The van der Waals surface area contributed by atoms with Gasteiger partial charge < -0.3 is 45.5 Å². The number of esters is 2. The first kappa shape index (κ1) is 28.8. The highest BCUT2D eigenvalue weighted by molar-refractivity contribution is 5.81. The molecule has 1 aromatic carbocycles. The van der Waals surface area contributed by atoms with Gasteiger partial charge in [-0.3, -0.25) is 14.4 Å². The number of aliphatic carboxylic acids is 1. The van der Waals surface area contributed by atoms with Crippen LogP contribution < -0.4 is 15.8 Å². The molecule has 2 aliphatic carbocycles. The summed E-state index contributed by atoms with van der Waals surface area (Å²) < 4.78 is 17.2. The van der Waals surface area contributed by atoms with Crippen LogP contribution in [-0.2, 0) is 40.5 Å². The molecule has 13 heteroatoms. The van der Waals surface area contributed by atoms with Crippen molar-refractivity contribution in [3.05, 3.63) is 35.1 Å². The SMILES string of the molecule is CC(OC(=O)CCNC(=O)CCC(N)C(=O)O)C(=O)OC1=CC[C@@]2(O)[C@H]3Cc4ccc(O)c5c4[C@@]2(CCN3C)[C@H]1O5. The Morgan fingerprint density at radius 2 is 2.02 bits per heavy atom. The molecule has 0 aromatic heterocycles. The van der Waals surface area contributed by atoms with Crippen molar-refractivity contribution in [2.45, 2.75) is 80.8 Å². The molecule has 1 spiro atoms. The zero-order chi connectivity index (χ0) is 29.7. The lowest BCUT2D eigenvalue weighted by atomic mass is 9.50. The predicted octanol–water partition coefficient (Wildman–Crippen LogP) is -0.157. The number of piperidine rings is 1. The molecule has 41 heavy (non-hydrogen) atoms. The molecule has 5 rings (SSSR count). The molecule has 1 fully saturated rings. The number of carbonyl (C=O) groups excluding carboxylic acids is 3. The number of likely N-dealkylation sites (tertiary alicyclic amines) is 1. The van der Waals surface area contributed by atoms with Gasteiger partial charge in [0.05, 0.1) is 17.4 Å². The number of amides is 1. The number of likely N-dealkylation sites (N-methyl/N-ethyl adjacent to an activating group) is 1. The lowest BCUT2D eigenvalue weighted by molar-refractivity contribution is -0.175. The number of benzene rings is 1. The molecule has 1 saturated heterocycles. The van der Waals surface area contributed by atoms with Crippen LogP contribution in [0.2, 0.25) is 0 Å². The van der Waals surface area contributed by atoms with Crippen molar-refractivity contribution >= 4 is 23.8 Å². The van der Waals surface area contributed by atoms with Crippen molar-refractivity contribution in [1.29, 1.82) is 0 Å². The molecule has 6 N–H and O–H groups in total. The molecule has 6 atom stereocenters. The Kier molecular flexibility index (Phi) is 7.47. The quantitative estimate of drug-likeness (QED) is 0.232. The van der Waals surface area contributed by atoms with Crippen LogP contribution in [0.3, 0.4) is 0 Å². The summed E-state index contributed by atoms with van der Waals surface area (Å²) in [5.74, 6) is -2.80. The minimum absolute atomic E-state index is 0.0444. The van der Waals surface area contributed by atoms with E-state index in [4.69, 9.17) is 25.1 Å². The van der Waals surface area contributed by atoms with E-state index in [-0.39, 0.29) is 49.8 Å². The van der Waals surface area contributed by atoms with Crippen LogP contribution in [0.5, 0.6) is 11.5 Å². The number of hydrogen-bond acceptors (Lipinski definition) is 11. The largest absolute Gasteiger partial charge is 0.504 e. The lowest BCUT2D eigenvalue weighted by Gasteiger charge is -2.61. The second kappa shape index (κ2) is 10.6. The van der Waals surface area contributed by atoms with E-state index in [9.17, 15) is 29.4 Å². The van der Waals surface area contributed by atoms with Crippen molar-refractivity contribution in [3.8, 4) is 11.5 Å². The van der Waals surface area contributed by atoms with Crippen LogP contribution in [0.25, 0.3) is 0 Å². The summed E-state index contributed by atoms with van der Waals surface area (Å²) in [6.45, 7) is 1.98. The lowest BCUT2D eigenvalue weighted by Crippen LogP contribution is -2.74. The second-order valence-electron chi connectivity index (χ2n) is 11.2. The van der Waals surface area contributed by atoms with E-state index in [1.54, 1.807) is 12.1 Å². The molecular weight excluding hydrogens is 538 g/mol. The van der Waals surface area contributed by atoms with Crippen molar-refractivity contribution in [2.24, 2.45) is 5.73 Å². The number of ether oxygens (including phenoxy) is 3. The van der Waals surface area contributed by atoms with Gasteiger partial charge in [0.1, 0.15) is 11.8 Å².